The van der Waals surface area contributed by atoms with Crippen LogP contribution in [0.3, 0.4) is 0 Å². The van der Waals surface area contributed by atoms with E-state index < -0.39 is 0 Å². The standard InChI is InChI=1S/C19H28N6O/c1-4-6-19(26)21-10-16-7-5-8-24(13-16)17-11-20-12-18(22-17)25-15(3)9-14(2)23-25/h9,11-12,16H,4-8,10,13H2,1-3H3,(H,21,26). The Morgan fingerprint density at radius 2 is 2.12 bits per heavy atom. The van der Waals surface area contributed by atoms with Crippen molar-refractivity contribution in [3.63, 3.8) is 0 Å². The Labute approximate surface area is 154 Å². The summed E-state index contributed by atoms with van der Waals surface area (Å²) in [5.74, 6) is 2.21. The summed E-state index contributed by atoms with van der Waals surface area (Å²) in [4.78, 5) is 23.1. The van der Waals surface area contributed by atoms with Gasteiger partial charge in [0.05, 0.1) is 18.1 Å². The summed E-state index contributed by atoms with van der Waals surface area (Å²) in [6.07, 6.45) is 7.28. The van der Waals surface area contributed by atoms with Gasteiger partial charge >= 0.3 is 0 Å². The molecule has 140 valence electrons. The fourth-order valence-electron chi connectivity index (χ4n) is 3.47. The maximum atomic E-state index is 11.7. The third kappa shape index (κ3) is 4.39. The monoisotopic (exact) mass is 356 g/mol. The highest BCUT2D eigenvalue weighted by molar-refractivity contribution is 5.75. The highest BCUT2D eigenvalue weighted by Gasteiger charge is 2.22. The second-order valence-electron chi connectivity index (χ2n) is 7.08. The molecule has 7 nitrogen and oxygen atoms in total. The first-order chi connectivity index (χ1) is 12.6. The van der Waals surface area contributed by atoms with E-state index in [2.05, 4.69) is 20.3 Å². The Morgan fingerprint density at radius 1 is 1.31 bits per heavy atom. The van der Waals surface area contributed by atoms with Gasteiger partial charge in [-0.15, -0.1) is 0 Å². The highest BCUT2D eigenvalue weighted by Crippen LogP contribution is 2.22. The van der Waals surface area contributed by atoms with E-state index in [-0.39, 0.29) is 5.91 Å². The van der Waals surface area contributed by atoms with Gasteiger partial charge < -0.3 is 10.2 Å². The minimum Gasteiger partial charge on any atom is -0.356 e. The molecule has 1 N–H and O–H groups in total. The molecule has 3 rings (SSSR count). The smallest absolute Gasteiger partial charge is 0.219 e. The first kappa shape index (κ1) is 18.4. The predicted octanol–water partition coefficient (Wildman–Crippen LogP) is 2.41. The molecule has 0 aliphatic carbocycles. The third-order valence-corrected chi connectivity index (χ3v) is 4.74. The molecule has 26 heavy (non-hydrogen) atoms. The van der Waals surface area contributed by atoms with E-state index in [1.165, 1.54) is 0 Å². The number of anilines is 1. The summed E-state index contributed by atoms with van der Waals surface area (Å²) in [6, 6.07) is 2.03. The normalized spacial score (nSPS) is 17.3. The number of rotatable bonds is 6. The number of hydrogen-bond acceptors (Lipinski definition) is 5. The highest BCUT2D eigenvalue weighted by atomic mass is 16.1. The van der Waals surface area contributed by atoms with Gasteiger partial charge in [-0.2, -0.15) is 5.10 Å². The van der Waals surface area contributed by atoms with E-state index in [1.807, 2.05) is 37.7 Å². The second-order valence-corrected chi connectivity index (χ2v) is 7.08. The summed E-state index contributed by atoms with van der Waals surface area (Å²) < 4.78 is 1.83. The predicted molar refractivity (Wildman–Crippen MR) is 101 cm³/mol. The quantitative estimate of drug-likeness (QED) is 0.860. The molecule has 0 radical (unpaired) electrons. The largest absolute Gasteiger partial charge is 0.356 e. The summed E-state index contributed by atoms with van der Waals surface area (Å²) in [5.41, 5.74) is 2.01. The molecule has 0 aromatic carbocycles. The molecular weight excluding hydrogens is 328 g/mol. The van der Waals surface area contributed by atoms with Crippen LogP contribution in [0.5, 0.6) is 0 Å². The first-order valence-corrected chi connectivity index (χ1v) is 9.44. The Morgan fingerprint density at radius 3 is 2.85 bits per heavy atom. The number of nitrogens with one attached hydrogen (secondary N) is 1. The molecule has 1 saturated heterocycles. The molecule has 1 aliphatic rings. The van der Waals surface area contributed by atoms with Crippen molar-refractivity contribution in [3.05, 3.63) is 29.8 Å². The Bertz CT molecular complexity index is 756. The number of nitrogens with zero attached hydrogens (tertiary/aromatic N) is 5. The molecule has 0 spiro atoms. The van der Waals surface area contributed by atoms with Gasteiger partial charge in [0.1, 0.15) is 5.82 Å². The van der Waals surface area contributed by atoms with Gasteiger partial charge in [0.25, 0.3) is 0 Å². The zero-order valence-corrected chi connectivity index (χ0v) is 15.9. The number of carbonyl (C=O) groups is 1. The number of piperidine rings is 1. The average molecular weight is 356 g/mol. The molecule has 1 fully saturated rings. The van der Waals surface area contributed by atoms with Crippen LogP contribution in [-0.4, -0.2) is 45.3 Å². The molecule has 1 aliphatic heterocycles. The number of hydrogen-bond donors (Lipinski definition) is 1. The van der Waals surface area contributed by atoms with Crippen molar-refractivity contribution in [2.45, 2.75) is 46.5 Å². The zero-order valence-electron chi connectivity index (χ0n) is 15.9. The molecule has 7 heteroatoms. The first-order valence-electron chi connectivity index (χ1n) is 9.44. The van der Waals surface area contributed by atoms with Crippen LogP contribution in [0.2, 0.25) is 0 Å². The lowest BCUT2D eigenvalue weighted by molar-refractivity contribution is -0.121. The fourth-order valence-corrected chi connectivity index (χ4v) is 3.47. The van der Waals surface area contributed by atoms with Crippen LogP contribution in [0.25, 0.3) is 5.82 Å². The lowest BCUT2D eigenvalue weighted by Crippen LogP contribution is -2.41. The number of carbonyl (C=O) groups excluding carboxylic acids is 1. The van der Waals surface area contributed by atoms with Gasteiger partial charge in [-0.3, -0.25) is 9.78 Å². The van der Waals surface area contributed by atoms with Gasteiger partial charge in [-0.25, -0.2) is 9.67 Å². The van der Waals surface area contributed by atoms with Gasteiger partial charge in [0, 0.05) is 31.7 Å². The summed E-state index contributed by atoms with van der Waals surface area (Å²) in [5, 5.41) is 7.55. The van der Waals surface area contributed by atoms with E-state index in [4.69, 9.17) is 4.98 Å². The van der Waals surface area contributed by atoms with E-state index in [1.54, 1.807) is 6.20 Å². The molecule has 0 saturated carbocycles. The Kier molecular flexibility index (Phi) is 5.85. The van der Waals surface area contributed by atoms with Crippen molar-refractivity contribution in [1.29, 1.82) is 0 Å². The topological polar surface area (TPSA) is 75.9 Å². The minimum atomic E-state index is 0.149. The van der Waals surface area contributed by atoms with Crippen LogP contribution in [-0.2, 0) is 4.79 Å². The number of aromatic nitrogens is 4. The van der Waals surface area contributed by atoms with Crippen molar-refractivity contribution < 1.29 is 4.79 Å². The van der Waals surface area contributed by atoms with Gasteiger partial charge in [0.2, 0.25) is 5.91 Å². The van der Waals surface area contributed by atoms with Crippen molar-refractivity contribution >= 4 is 11.7 Å². The minimum absolute atomic E-state index is 0.149. The molecule has 1 atom stereocenters. The van der Waals surface area contributed by atoms with Crippen molar-refractivity contribution in [3.8, 4) is 5.82 Å². The molecule has 1 amide bonds. The van der Waals surface area contributed by atoms with Crippen molar-refractivity contribution in [1.82, 2.24) is 25.1 Å². The van der Waals surface area contributed by atoms with Crippen LogP contribution in [0.4, 0.5) is 5.82 Å². The van der Waals surface area contributed by atoms with Crippen LogP contribution in [0.15, 0.2) is 18.5 Å². The maximum absolute atomic E-state index is 11.7. The van der Waals surface area contributed by atoms with Gasteiger partial charge in [-0.05, 0) is 45.1 Å². The number of amides is 1. The van der Waals surface area contributed by atoms with Crippen LogP contribution >= 0.6 is 0 Å². The maximum Gasteiger partial charge on any atom is 0.219 e. The Hall–Kier alpha value is -2.44. The van der Waals surface area contributed by atoms with Crippen LogP contribution in [0, 0.1) is 19.8 Å². The summed E-state index contributed by atoms with van der Waals surface area (Å²) in [7, 11) is 0. The van der Waals surface area contributed by atoms with Crippen LogP contribution < -0.4 is 10.2 Å². The zero-order chi connectivity index (χ0) is 18.5. The molecule has 3 heterocycles. The molecule has 0 bridgehead atoms. The van der Waals surface area contributed by atoms with E-state index in [0.29, 0.717) is 12.3 Å². The number of aryl methyl sites for hydroxylation is 2. The van der Waals surface area contributed by atoms with Crippen molar-refractivity contribution in [2.24, 2.45) is 5.92 Å². The average Bonchev–Trinajstić information content (AvgIpc) is 2.99. The summed E-state index contributed by atoms with van der Waals surface area (Å²) >= 11 is 0. The van der Waals surface area contributed by atoms with E-state index >= 15 is 0 Å². The van der Waals surface area contributed by atoms with Crippen LogP contribution in [0.1, 0.15) is 44.0 Å². The molecule has 2 aromatic rings. The lowest BCUT2D eigenvalue weighted by atomic mass is 9.98. The summed E-state index contributed by atoms with van der Waals surface area (Å²) in [6.45, 7) is 8.61. The fraction of sp³-hybridized carbons (Fsp3) is 0.579. The molecule has 2 aromatic heterocycles. The third-order valence-electron chi connectivity index (χ3n) is 4.74. The van der Waals surface area contributed by atoms with E-state index in [0.717, 1.165) is 61.9 Å². The lowest BCUT2D eigenvalue weighted by Gasteiger charge is -2.33. The Balaban J connectivity index is 1.68. The van der Waals surface area contributed by atoms with Crippen molar-refractivity contribution in [2.75, 3.05) is 24.5 Å². The molecule has 1 unspecified atom stereocenters. The van der Waals surface area contributed by atoms with Gasteiger partial charge in [0.15, 0.2) is 5.82 Å². The van der Waals surface area contributed by atoms with Gasteiger partial charge in [-0.1, -0.05) is 6.92 Å². The second kappa shape index (κ2) is 8.29. The molecular formula is C19H28N6O. The van der Waals surface area contributed by atoms with E-state index in [9.17, 15) is 4.79 Å². The SMILES string of the molecule is CCCC(=O)NCC1CCCN(c2cncc(-n3nc(C)cc3C)n2)C1.